The summed E-state index contributed by atoms with van der Waals surface area (Å²) in [6.07, 6.45) is 5.59. The average molecular weight is 456 g/mol. The minimum Gasteiger partial charge on any atom is -0.486 e. The van der Waals surface area contributed by atoms with E-state index >= 15 is 0 Å². The van der Waals surface area contributed by atoms with Crippen molar-refractivity contribution in [2.24, 2.45) is 11.5 Å². The highest BCUT2D eigenvalue weighted by atomic mass is 35.5. The summed E-state index contributed by atoms with van der Waals surface area (Å²) in [4.78, 5) is 25.8. The summed E-state index contributed by atoms with van der Waals surface area (Å²) in [7, 11) is 0. The van der Waals surface area contributed by atoms with Gasteiger partial charge < -0.3 is 21.5 Å². The molecule has 0 aliphatic carbocycles. The molecule has 1 aromatic heterocycles. The number of rotatable bonds is 6. The Hall–Kier alpha value is -3.91. The number of carbonyl (C=O) groups excluding carboxylic acids is 2. The van der Waals surface area contributed by atoms with Crippen molar-refractivity contribution < 1.29 is 14.3 Å². The molecule has 8 nitrogen and oxygen atoms in total. The average Bonchev–Trinajstić information content (AvgIpc) is 2.78. The zero-order valence-corrected chi connectivity index (χ0v) is 18.7. The van der Waals surface area contributed by atoms with E-state index in [1.165, 1.54) is 0 Å². The van der Waals surface area contributed by atoms with Crippen LogP contribution in [0.4, 0.5) is 11.6 Å². The summed E-state index contributed by atoms with van der Waals surface area (Å²) < 4.78 is 5.75. The number of halogens is 1. The van der Waals surface area contributed by atoms with Gasteiger partial charge in [-0.25, -0.2) is 9.97 Å². The molecule has 0 saturated heterocycles. The second-order valence-corrected chi connectivity index (χ2v) is 6.67. The number of nitrogens with one attached hydrogen (secondary N) is 1. The predicted octanol–water partition coefficient (Wildman–Crippen LogP) is 3.92. The SMILES string of the molecule is C=Cc1cccc(C)c1Nc1ncc(OCc2cc(C)ccc2Cl)cn1.NC=O.NC=O. The lowest BCUT2D eigenvalue weighted by molar-refractivity contribution is -0.107. The molecule has 0 bridgehead atoms. The van der Waals surface area contributed by atoms with Crippen molar-refractivity contribution in [1.82, 2.24) is 9.97 Å². The molecular formula is C23H26ClN5O3. The van der Waals surface area contributed by atoms with Crippen LogP contribution in [0.15, 0.2) is 55.4 Å². The molecule has 3 rings (SSSR count). The van der Waals surface area contributed by atoms with E-state index in [0.29, 0.717) is 23.3 Å². The molecule has 32 heavy (non-hydrogen) atoms. The number of ether oxygens (including phenoxy) is 1. The van der Waals surface area contributed by atoms with Crippen LogP contribution in [0.5, 0.6) is 5.75 Å². The fourth-order valence-electron chi connectivity index (χ4n) is 2.57. The summed E-state index contributed by atoms with van der Waals surface area (Å²) >= 11 is 6.19. The van der Waals surface area contributed by atoms with Crippen molar-refractivity contribution in [3.05, 3.63) is 82.6 Å². The third kappa shape index (κ3) is 8.45. The topological polar surface area (TPSA) is 133 Å². The Morgan fingerprint density at radius 3 is 2.31 bits per heavy atom. The number of hydrogen-bond donors (Lipinski definition) is 3. The van der Waals surface area contributed by atoms with E-state index in [0.717, 1.165) is 27.9 Å². The second-order valence-electron chi connectivity index (χ2n) is 6.27. The number of benzene rings is 2. The Balaban J connectivity index is 0.000000769. The number of para-hydroxylation sites is 1. The molecule has 0 fully saturated rings. The lowest BCUT2D eigenvalue weighted by Gasteiger charge is -2.12. The Bertz CT molecular complexity index is 1020. The van der Waals surface area contributed by atoms with E-state index < -0.39 is 0 Å². The van der Waals surface area contributed by atoms with Gasteiger partial charge in [-0.2, -0.15) is 0 Å². The van der Waals surface area contributed by atoms with Crippen LogP contribution in [-0.2, 0) is 16.2 Å². The van der Waals surface area contributed by atoms with Gasteiger partial charge in [-0.1, -0.05) is 60.2 Å². The van der Waals surface area contributed by atoms with E-state index in [9.17, 15) is 0 Å². The first kappa shape index (κ1) is 26.1. The summed E-state index contributed by atoms with van der Waals surface area (Å²) in [6.45, 7) is 8.26. The number of anilines is 2. The summed E-state index contributed by atoms with van der Waals surface area (Å²) in [5.74, 6) is 1.09. The number of carbonyl (C=O) groups is 2. The molecule has 0 aliphatic heterocycles. The van der Waals surface area contributed by atoms with Gasteiger partial charge in [0, 0.05) is 10.6 Å². The Morgan fingerprint density at radius 1 is 1.09 bits per heavy atom. The first-order chi connectivity index (χ1) is 15.4. The lowest BCUT2D eigenvalue weighted by Crippen LogP contribution is -2.02. The molecule has 168 valence electrons. The zero-order valence-electron chi connectivity index (χ0n) is 17.9. The Labute approximate surface area is 192 Å². The minimum atomic E-state index is 0.250. The maximum Gasteiger partial charge on any atom is 0.227 e. The number of nitrogens with two attached hydrogens (primary N) is 2. The van der Waals surface area contributed by atoms with Crippen molar-refractivity contribution in [1.29, 1.82) is 0 Å². The van der Waals surface area contributed by atoms with Crippen LogP contribution in [-0.4, -0.2) is 22.8 Å². The van der Waals surface area contributed by atoms with Crippen molar-refractivity contribution in [2.45, 2.75) is 20.5 Å². The van der Waals surface area contributed by atoms with Crippen LogP contribution < -0.4 is 21.5 Å². The van der Waals surface area contributed by atoms with E-state index in [-0.39, 0.29) is 12.8 Å². The first-order valence-corrected chi connectivity index (χ1v) is 9.77. The van der Waals surface area contributed by atoms with Gasteiger partial charge in [0.25, 0.3) is 0 Å². The standard InChI is InChI=1S/C21H20ClN3O.2CH3NO/c1-4-16-7-5-6-15(3)20(16)25-21-23-11-18(12-24-21)26-13-17-10-14(2)8-9-19(17)22;2*2-1-3/h4-12H,1,13H2,2-3H3,(H,23,24,25);2*1H,(H2,2,3). The molecule has 0 spiro atoms. The quantitative estimate of drug-likeness (QED) is 0.482. The van der Waals surface area contributed by atoms with Gasteiger partial charge in [0.05, 0.1) is 18.1 Å². The summed E-state index contributed by atoms with van der Waals surface area (Å²) in [6, 6.07) is 11.9. The van der Waals surface area contributed by atoms with Gasteiger partial charge in [-0.3, -0.25) is 9.59 Å². The smallest absolute Gasteiger partial charge is 0.227 e. The van der Waals surface area contributed by atoms with Crippen molar-refractivity contribution in [2.75, 3.05) is 5.32 Å². The molecule has 0 saturated carbocycles. The molecule has 0 aliphatic rings. The van der Waals surface area contributed by atoms with E-state index in [2.05, 4.69) is 33.3 Å². The van der Waals surface area contributed by atoms with Crippen LogP contribution in [0.2, 0.25) is 5.02 Å². The predicted molar refractivity (Wildman–Crippen MR) is 128 cm³/mol. The molecule has 0 radical (unpaired) electrons. The minimum absolute atomic E-state index is 0.250. The molecule has 9 heteroatoms. The molecule has 2 aromatic carbocycles. The van der Waals surface area contributed by atoms with Crippen LogP contribution in [0.25, 0.3) is 6.08 Å². The lowest BCUT2D eigenvalue weighted by atomic mass is 10.1. The highest BCUT2D eigenvalue weighted by molar-refractivity contribution is 6.31. The number of primary amides is 2. The molecule has 0 unspecified atom stereocenters. The zero-order chi connectivity index (χ0) is 23.9. The highest BCUT2D eigenvalue weighted by Gasteiger charge is 2.07. The van der Waals surface area contributed by atoms with Crippen LogP contribution in [0, 0.1) is 13.8 Å². The highest BCUT2D eigenvalue weighted by Crippen LogP contribution is 2.25. The van der Waals surface area contributed by atoms with E-state index in [1.807, 2.05) is 50.2 Å². The number of aromatic nitrogens is 2. The number of amides is 2. The van der Waals surface area contributed by atoms with Gasteiger partial charge in [0.2, 0.25) is 18.8 Å². The van der Waals surface area contributed by atoms with E-state index in [1.54, 1.807) is 18.5 Å². The number of aryl methyl sites for hydroxylation is 2. The normalized spacial score (nSPS) is 9.22. The monoisotopic (exact) mass is 455 g/mol. The Morgan fingerprint density at radius 2 is 1.72 bits per heavy atom. The fourth-order valence-corrected chi connectivity index (χ4v) is 2.75. The third-order valence-corrected chi connectivity index (χ3v) is 4.35. The maximum absolute atomic E-state index is 8.58. The van der Waals surface area contributed by atoms with Gasteiger partial charge in [-0.15, -0.1) is 0 Å². The van der Waals surface area contributed by atoms with Gasteiger partial charge in [-0.05, 0) is 31.0 Å². The summed E-state index contributed by atoms with van der Waals surface area (Å²) in [5, 5.41) is 3.93. The van der Waals surface area contributed by atoms with Gasteiger partial charge in [0.15, 0.2) is 5.75 Å². The van der Waals surface area contributed by atoms with Gasteiger partial charge in [0.1, 0.15) is 6.61 Å². The fraction of sp³-hybridized carbons (Fsp3) is 0.130. The largest absolute Gasteiger partial charge is 0.486 e. The Kier molecular flexibility index (Phi) is 11.6. The van der Waals surface area contributed by atoms with E-state index in [4.69, 9.17) is 25.9 Å². The number of hydrogen-bond acceptors (Lipinski definition) is 6. The molecule has 0 atom stereocenters. The first-order valence-electron chi connectivity index (χ1n) is 9.39. The maximum atomic E-state index is 8.58. The molecule has 1 heterocycles. The van der Waals surface area contributed by atoms with Crippen molar-refractivity contribution in [3.8, 4) is 5.75 Å². The number of nitrogens with zero attached hydrogens (tertiary/aromatic N) is 2. The van der Waals surface area contributed by atoms with Crippen molar-refractivity contribution in [3.63, 3.8) is 0 Å². The molecule has 2 amide bonds. The molecule has 3 aromatic rings. The van der Waals surface area contributed by atoms with Crippen LogP contribution in [0.3, 0.4) is 0 Å². The van der Waals surface area contributed by atoms with Gasteiger partial charge >= 0.3 is 0 Å². The van der Waals surface area contributed by atoms with Crippen molar-refractivity contribution >= 4 is 42.1 Å². The van der Waals surface area contributed by atoms with Crippen LogP contribution >= 0.6 is 11.6 Å². The van der Waals surface area contributed by atoms with Crippen LogP contribution in [0.1, 0.15) is 22.3 Å². The summed E-state index contributed by atoms with van der Waals surface area (Å²) in [5.41, 5.74) is 13.5. The second kappa shape index (κ2) is 14.2. The molecular weight excluding hydrogens is 430 g/mol. The molecule has 5 N–H and O–H groups in total. The third-order valence-electron chi connectivity index (χ3n) is 3.99.